The maximum Gasteiger partial charge on any atom is 0.215 e. The minimum atomic E-state index is -3.15. The molecule has 1 fully saturated rings. The zero-order valence-electron chi connectivity index (χ0n) is 13.7. The van der Waals surface area contributed by atoms with Gasteiger partial charge in [-0.05, 0) is 34.1 Å². The van der Waals surface area contributed by atoms with Gasteiger partial charge in [0.25, 0.3) is 0 Å². The molecule has 0 aromatic heterocycles. The quantitative estimate of drug-likeness (QED) is 0.776. The molecule has 1 heterocycles. The minimum absolute atomic E-state index is 0.141. The highest BCUT2D eigenvalue weighted by molar-refractivity contribution is 7.89. The number of ether oxygens (including phenoxy) is 1. The standard InChI is InChI=1S/C14H30N2O3S/c1-7-16(8-2)20(17,18)10-9-15-12-11-13(3,4)19-14(12,5)6/h12,15H,7-11H2,1-6H3/t12-/m1/s1. The summed E-state index contributed by atoms with van der Waals surface area (Å²) in [5, 5.41) is 3.36. The van der Waals surface area contributed by atoms with Gasteiger partial charge in [-0.2, -0.15) is 0 Å². The number of rotatable bonds is 7. The molecule has 120 valence electrons. The first-order valence-electron chi connectivity index (χ1n) is 7.45. The van der Waals surface area contributed by atoms with Crippen molar-refractivity contribution in [2.24, 2.45) is 0 Å². The Morgan fingerprint density at radius 3 is 2.15 bits per heavy atom. The van der Waals surface area contributed by atoms with E-state index in [9.17, 15) is 8.42 Å². The van der Waals surface area contributed by atoms with Crippen LogP contribution in [0, 0.1) is 0 Å². The maximum absolute atomic E-state index is 12.1. The van der Waals surface area contributed by atoms with E-state index in [0.717, 1.165) is 6.42 Å². The molecular formula is C14H30N2O3S. The largest absolute Gasteiger partial charge is 0.368 e. The van der Waals surface area contributed by atoms with Gasteiger partial charge >= 0.3 is 0 Å². The summed E-state index contributed by atoms with van der Waals surface area (Å²) in [4.78, 5) is 0. The zero-order valence-corrected chi connectivity index (χ0v) is 14.5. The van der Waals surface area contributed by atoms with Crippen molar-refractivity contribution < 1.29 is 13.2 Å². The van der Waals surface area contributed by atoms with Crippen LogP contribution in [0.15, 0.2) is 0 Å². The van der Waals surface area contributed by atoms with Gasteiger partial charge in [0.15, 0.2) is 0 Å². The molecule has 1 aliphatic heterocycles. The highest BCUT2D eigenvalue weighted by Gasteiger charge is 2.45. The third kappa shape index (κ3) is 4.41. The molecular weight excluding hydrogens is 276 g/mol. The lowest BCUT2D eigenvalue weighted by molar-refractivity contribution is -0.0696. The summed E-state index contributed by atoms with van der Waals surface area (Å²) in [6, 6.07) is 0.185. The van der Waals surface area contributed by atoms with Gasteiger partial charge in [-0.3, -0.25) is 0 Å². The van der Waals surface area contributed by atoms with Crippen LogP contribution >= 0.6 is 0 Å². The summed E-state index contributed by atoms with van der Waals surface area (Å²) in [7, 11) is -3.15. The van der Waals surface area contributed by atoms with Crippen molar-refractivity contribution in [2.75, 3.05) is 25.4 Å². The fourth-order valence-corrected chi connectivity index (χ4v) is 4.41. The minimum Gasteiger partial charge on any atom is -0.368 e. The normalized spacial score (nSPS) is 25.2. The van der Waals surface area contributed by atoms with E-state index in [0.29, 0.717) is 19.6 Å². The average Bonchev–Trinajstić information content (AvgIpc) is 2.47. The van der Waals surface area contributed by atoms with Crippen molar-refractivity contribution in [3.8, 4) is 0 Å². The van der Waals surface area contributed by atoms with Crippen LogP contribution in [-0.2, 0) is 14.8 Å². The lowest BCUT2D eigenvalue weighted by atomic mass is 9.94. The Kier molecular flexibility index (Phi) is 5.63. The molecule has 5 nitrogen and oxygen atoms in total. The van der Waals surface area contributed by atoms with Crippen LogP contribution in [0.4, 0.5) is 0 Å². The summed E-state index contributed by atoms with van der Waals surface area (Å²) in [5.74, 6) is 0.141. The van der Waals surface area contributed by atoms with Crippen LogP contribution in [0.1, 0.15) is 48.0 Å². The predicted octanol–water partition coefficient (Wildman–Crippen LogP) is 1.59. The number of nitrogens with one attached hydrogen (secondary N) is 1. The Labute approximate surface area is 124 Å². The van der Waals surface area contributed by atoms with Crippen LogP contribution < -0.4 is 5.32 Å². The van der Waals surface area contributed by atoms with Gasteiger partial charge in [0.2, 0.25) is 10.0 Å². The van der Waals surface area contributed by atoms with Crippen LogP contribution in [0.3, 0.4) is 0 Å². The lowest BCUT2D eigenvalue weighted by Gasteiger charge is -2.28. The Morgan fingerprint density at radius 2 is 1.75 bits per heavy atom. The molecule has 0 amide bonds. The van der Waals surface area contributed by atoms with Gasteiger partial charge in [0, 0.05) is 25.7 Å². The van der Waals surface area contributed by atoms with E-state index in [4.69, 9.17) is 4.74 Å². The van der Waals surface area contributed by atoms with Gasteiger partial charge in [0.1, 0.15) is 0 Å². The zero-order chi connectivity index (χ0) is 15.6. The summed E-state index contributed by atoms with van der Waals surface area (Å²) in [5.41, 5.74) is -0.415. The smallest absolute Gasteiger partial charge is 0.215 e. The van der Waals surface area contributed by atoms with E-state index in [1.165, 1.54) is 4.31 Å². The molecule has 0 bridgehead atoms. The van der Waals surface area contributed by atoms with Gasteiger partial charge in [-0.1, -0.05) is 13.8 Å². The summed E-state index contributed by atoms with van der Waals surface area (Å²) in [6.45, 7) is 13.5. The highest BCUT2D eigenvalue weighted by atomic mass is 32.2. The SMILES string of the molecule is CCN(CC)S(=O)(=O)CCN[C@@H]1CC(C)(C)OC1(C)C. The molecule has 6 heteroatoms. The van der Waals surface area contributed by atoms with Crippen LogP contribution in [0.25, 0.3) is 0 Å². The van der Waals surface area contributed by atoms with Crippen molar-refractivity contribution in [2.45, 2.75) is 65.2 Å². The maximum atomic E-state index is 12.1. The molecule has 0 unspecified atom stereocenters. The van der Waals surface area contributed by atoms with Crippen molar-refractivity contribution in [1.82, 2.24) is 9.62 Å². The van der Waals surface area contributed by atoms with E-state index in [2.05, 4.69) is 33.0 Å². The van der Waals surface area contributed by atoms with Gasteiger partial charge < -0.3 is 10.1 Å². The van der Waals surface area contributed by atoms with Gasteiger partial charge in [-0.15, -0.1) is 0 Å². The molecule has 1 aliphatic rings. The fourth-order valence-electron chi connectivity index (χ4n) is 2.99. The van der Waals surface area contributed by atoms with Gasteiger partial charge in [0.05, 0.1) is 17.0 Å². The third-order valence-corrected chi connectivity index (χ3v) is 5.95. The second-order valence-corrected chi connectivity index (χ2v) is 8.66. The third-order valence-electron chi connectivity index (χ3n) is 3.92. The Hall–Kier alpha value is -0.170. The average molecular weight is 306 g/mol. The topological polar surface area (TPSA) is 58.6 Å². The molecule has 20 heavy (non-hydrogen) atoms. The second-order valence-electron chi connectivity index (χ2n) is 6.58. The molecule has 1 saturated heterocycles. The van der Waals surface area contributed by atoms with Crippen molar-refractivity contribution >= 4 is 10.0 Å². The second kappa shape index (κ2) is 6.30. The number of hydrogen-bond acceptors (Lipinski definition) is 4. The number of sulfonamides is 1. The van der Waals surface area contributed by atoms with Crippen molar-refractivity contribution in [3.63, 3.8) is 0 Å². The molecule has 0 aromatic rings. The predicted molar refractivity (Wildman–Crippen MR) is 82.4 cm³/mol. The first-order chi connectivity index (χ1) is 9.04. The monoisotopic (exact) mass is 306 g/mol. The molecule has 1 N–H and O–H groups in total. The first kappa shape index (κ1) is 17.9. The molecule has 0 spiro atoms. The lowest BCUT2D eigenvalue weighted by Crippen LogP contribution is -2.46. The van der Waals surface area contributed by atoms with Crippen LogP contribution in [0.2, 0.25) is 0 Å². The van der Waals surface area contributed by atoms with E-state index >= 15 is 0 Å². The highest BCUT2D eigenvalue weighted by Crippen LogP contribution is 2.37. The Morgan fingerprint density at radius 1 is 1.20 bits per heavy atom. The van der Waals surface area contributed by atoms with E-state index < -0.39 is 10.0 Å². The van der Waals surface area contributed by atoms with E-state index in [1.807, 2.05) is 13.8 Å². The first-order valence-corrected chi connectivity index (χ1v) is 9.06. The summed E-state index contributed by atoms with van der Waals surface area (Å²) < 4.78 is 31.7. The van der Waals surface area contributed by atoms with Crippen molar-refractivity contribution in [1.29, 1.82) is 0 Å². The number of hydrogen-bond donors (Lipinski definition) is 1. The van der Waals surface area contributed by atoms with E-state index in [-0.39, 0.29) is 23.0 Å². The van der Waals surface area contributed by atoms with Crippen LogP contribution in [0.5, 0.6) is 0 Å². The van der Waals surface area contributed by atoms with Crippen LogP contribution in [-0.4, -0.2) is 55.4 Å². The van der Waals surface area contributed by atoms with E-state index in [1.54, 1.807) is 0 Å². The number of nitrogens with zero attached hydrogens (tertiary/aromatic N) is 1. The van der Waals surface area contributed by atoms with Crippen molar-refractivity contribution in [3.05, 3.63) is 0 Å². The molecule has 0 aromatic carbocycles. The Bertz CT molecular complexity index is 414. The summed E-state index contributed by atoms with van der Waals surface area (Å²) in [6.07, 6.45) is 0.894. The molecule has 1 atom stereocenters. The Balaban J connectivity index is 2.53. The molecule has 0 radical (unpaired) electrons. The summed E-state index contributed by atoms with van der Waals surface area (Å²) >= 11 is 0. The fraction of sp³-hybridized carbons (Fsp3) is 1.00. The van der Waals surface area contributed by atoms with Gasteiger partial charge in [-0.25, -0.2) is 12.7 Å². The molecule has 0 saturated carbocycles. The molecule has 0 aliphatic carbocycles. The molecule has 1 rings (SSSR count).